The van der Waals surface area contributed by atoms with E-state index in [-0.39, 0.29) is 24.5 Å². The van der Waals surface area contributed by atoms with Crippen LogP contribution in [0, 0.1) is 13.8 Å². The first-order valence-electron chi connectivity index (χ1n) is 11.3. The van der Waals surface area contributed by atoms with Crippen LogP contribution in [0.5, 0.6) is 11.5 Å². The zero-order chi connectivity index (χ0) is 23.1. The summed E-state index contributed by atoms with van der Waals surface area (Å²) in [6, 6.07) is 13.0. The molecule has 6 heteroatoms. The molecular weight excluding hydrogens is 404 g/mol. The molecule has 2 amide bonds. The average Bonchev–Trinajstić information content (AvgIpc) is 3.29. The van der Waals surface area contributed by atoms with Gasteiger partial charge in [0.05, 0.1) is 7.11 Å². The minimum atomic E-state index is -0.614. The van der Waals surface area contributed by atoms with Gasteiger partial charge >= 0.3 is 0 Å². The van der Waals surface area contributed by atoms with Crippen molar-refractivity contribution >= 4 is 11.8 Å². The quantitative estimate of drug-likeness (QED) is 0.638. The highest BCUT2D eigenvalue weighted by Gasteiger charge is 2.29. The molecule has 1 atom stereocenters. The number of benzene rings is 2. The maximum atomic E-state index is 13.2. The largest absolute Gasteiger partial charge is 0.497 e. The van der Waals surface area contributed by atoms with Crippen molar-refractivity contribution in [1.29, 1.82) is 0 Å². The molecule has 0 spiro atoms. The molecule has 3 rings (SSSR count). The third-order valence-corrected chi connectivity index (χ3v) is 6.04. The first kappa shape index (κ1) is 23.6. The fourth-order valence-corrected chi connectivity index (χ4v) is 4.13. The lowest BCUT2D eigenvalue weighted by Gasteiger charge is -2.30. The van der Waals surface area contributed by atoms with E-state index in [4.69, 9.17) is 9.47 Å². The standard InChI is InChI=1S/C26H34N2O4/c1-18-12-13-24(19(2)14-18)32-17-25(29)28(16-21-8-7-11-23(15-21)31-4)20(3)26(30)27-22-9-5-6-10-22/h7-8,11-15,20,22H,5-6,9-10,16-17H2,1-4H3,(H,27,30)/t20-/m1/s1. The Morgan fingerprint density at radius 2 is 1.88 bits per heavy atom. The smallest absolute Gasteiger partial charge is 0.261 e. The molecule has 0 radical (unpaired) electrons. The van der Waals surface area contributed by atoms with E-state index in [2.05, 4.69) is 5.32 Å². The average molecular weight is 439 g/mol. The van der Waals surface area contributed by atoms with Crippen LogP contribution in [-0.4, -0.2) is 42.5 Å². The van der Waals surface area contributed by atoms with E-state index in [0.29, 0.717) is 18.0 Å². The Morgan fingerprint density at radius 1 is 1.12 bits per heavy atom. The molecule has 0 heterocycles. The van der Waals surface area contributed by atoms with Crippen molar-refractivity contribution in [3.63, 3.8) is 0 Å². The number of carbonyl (C=O) groups is 2. The van der Waals surface area contributed by atoms with Crippen LogP contribution in [-0.2, 0) is 16.1 Å². The van der Waals surface area contributed by atoms with Gasteiger partial charge < -0.3 is 19.7 Å². The second kappa shape index (κ2) is 11.0. The normalized spacial score (nSPS) is 14.6. The van der Waals surface area contributed by atoms with Crippen LogP contribution in [0.2, 0.25) is 0 Å². The Balaban J connectivity index is 1.74. The monoisotopic (exact) mass is 438 g/mol. The zero-order valence-electron chi connectivity index (χ0n) is 19.5. The summed E-state index contributed by atoms with van der Waals surface area (Å²) in [7, 11) is 1.61. The summed E-state index contributed by atoms with van der Waals surface area (Å²) in [5, 5.41) is 3.11. The van der Waals surface area contributed by atoms with Crippen molar-refractivity contribution in [2.24, 2.45) is 0 Å². The van der Waals surface area contributed by atoms with E-state index >= 15 is 0 Å². The Hall–Kier alpha value is -3.02. The van der Waals surface area contributed by atoms with Gasteiger partial charge in [-0.05, 0) is 62.9 Å². The number of carbonyl (C=O) groups excluding carboxylic acids is 2. The number of rotatable bonds is 9. The lowest BCUT2D eigenvalue weighted by molar-refractivity contribution is -0.142. The topological polar surface area (TPSA) is 67.9 Å². The molecular formula is C26H34N2O4. The Kier molecular flexibility index (Phi) is 8.14. The third kappa shape index (κ3) is 6.25. The van der Waals surface area contributed by atoms with Gasteiger partial charge in [0, 0.05) is 12.6 Å². The van der Waals surface area contributed by atoms with Crippen molar-refractivity contribution in [2.45, 2.75) is 65.1 Å². The minimum absolute atomic E-state index is 0.125. The molecule has 1 fully saturated rings. The molecule has 32 heavy (non-hydrogen) atoms. The number of nitrogens with zero attached hydrogens (tertiary/aromatic N) is 1. The van der Waals surface area contributed by atoms with Gasteiger partial charge in [-0.25, -0.2) is 0 Å². The molecule has 0 unspecified atom stereocenters. The Labute approximate surface area is 190 Å². The highest BCUT2D eigenvalue weighted by atomic mass is 16.5. The minimum Gasteiger partial charge on any atom is -0.497 e. The lowest BCUT2D eigenvalue weighted by atomic mass is 10.1. The molecule has 2 aromatic rings. The van der Waals surface area contributed by atoms with Gasteiger partial charge in [0.1, 0.15) is 17.5 Å². The molecule has 1 aliphatic rings. The number of hydrogen-bond acceptors (Lipinski definition) is 4. The fraction of sp³-hybridized carbons (Fsp3) is 0.462. The number of ether oxygens (including phenoxy) is 2. The second-order valence-electron chi connectivity index (χ2n) is 8.60. The summed E-state index contributed by atoms with van der Waals surface area (Å²) < 4.78 is 11.1. The number of nitrogens with one attached hydrogen (secondary N) is 1. The highest BCUT2D eigenvalue weighted by Crippen LogP contribution is 2.21. The van der Waals surface area contributed by atoms with Gasteiger partial charge in [0.25, 0.3) is 5.91 Å². The third-order valence-electron chi connectivity index (χ3n) is 6.04. The molecule has 0 saturated heterocycles. The second-order valence-corrected chi connectivity index (χ2v) is 8.60. The SMILES string of the molecule is COc1cccc(CN(C(=O)COc2ccc(C)cc2C)[C@H](C)C(=O)NC2CCCC2)c1. The number of hydrogen-bond donors (Lipinski definition) is 1. The van der Waals surface area contributed by atoms with E-state index in [1.807, 2.05) is 56.3 Å². The van der Waals surface area contributed by atoms with Gasteiger partial charge in [-0.3, -0.25) is 9.59 Å². The summed E-state index contributed by atoms with van der Waals surface area (Å²) in [5.74, 6) is 1.03. The number of amides is 2. The lowest BCUT2D eigenvalue weighted by Crippen LogP contribution is -2.50. The van der Waals surface area contributed by atoms with Crippen molar-refractivity contribution in [3.05, 3.63) is 59.2 Å². The van der Waals surface area contributed by atoms with Crippen LogP contribution in [0.3, 0.4) is 0 Å². The Morgan fingerprint density at radius 3 is 2.56 bits per heavy atom. The van der Waals surface area contributed by atoms with Crippen molar-refractivity contribution in [2.75, 3.05) is 13.7 Å². The fourth-order valence-electron chi connectivity index (χ4n) is 4.13. The Bertz CT molecular complexity index is 937. The van der Waals surface area contributed by atoms with Crippen molar-refractivity contribution in [3.8, 4) is 11.5 Å². The summed E-state index contributed by atoms with van der Waals surface area (Å²) >= 11 is 0. The highest BCUT2D eigenvalue weighted by molar-refractivity contribution is 5.88. The maximum absolute atomic E-state index is 13.2. The summed E-state index contributed by atoms with van der Waals surface area (Å²) in [6.07, 6.45) is 4.27. The van der Waals surface area contributed by atoms with Crippen molar-refractivity contribution < 1.29 is 19.1 Å². The zero-order valence-corrected chi connectivity index (χ0v) is 19.5. The number of aryl methyl sites for hydroxylation is 2. The van der Waals surface area contributed by atoms with Crippen LogP contribution in [0.15, 0.2) is 42.5 Å². The van der Waals surface area contributed by atoms with Crippen LogP contribution >= 0.6 is 0 Å². The van der Waals surface area contributed by atoms with Crippen LogP contribution in [0.4, 0.5) is 0 Å². The van der Waals surface area contributed by atoms with E-state index in [0.717, 1.165) is 42.4 Å². The van der Waals surface area contributed by atoms with E-state index in [1.165, 1.54) is 0 Å². The van der Waals surface area contributed by atoms with Crippen LogP contribution in [0.1, 0.15) is 49.3 Å². The molecule has 0 aliphatic heterocycles. The van der Waals surface area contributed by atoms with Gasteiger partial charge in [-0.15, -0.1) is 0 Å². The predicted molar refractivity (Wildman–Crippen MR) is 125 cm³/mol. The molecule has 1 aliphatic carbocycles. The van der Waals surface area contributed by atoms with Crippen molar-refractivity contribution in [1.82, 2.24) is 10.2 Å². The van der Waals surface area contributed by atoms with Gasteiger partial charge in [-0.1, -0.05) is 42.7 Å². The predicted octanol–water partition coefficient (Wildman–Crippen LogP) is 4.17. The molecule has 0 bridgehead atoms. The molecule has 0 aromatic heterocycles. The number of methoxy groups -OCH3 is 1. The van der Waals surface area contributed by atoms with Gasteiger partial charge in [0.15, 0.2) is 6.61 Å². The molecule has 172 valence electrons. The molecule has 2 aromatic carbocycles. The summed E-state index contributed by atoms with van der Waals surface area (Å²) in [4.78, 5) is 27.8. The molecule has 1 N–H and O–H groups in total. The van der Waals surface area contributed by atoms with Crippen LogP contribution in [0.25, 0.3) is 0 Å². The molecule has 1 saturated carbocycles. The first-order chi connectivity index (χ1) is 15.4. The first-order valence-corrected chi connectivity index (χ1v) is 11.3. The van der Waals surface area contributed by atoms with Crippen LogP contribution < -0.4 is 14.8 Å². The molecule has 6 nitrogen and oxygen atoms in total. The van der Waals surface area contributed by atoms with Gasteiger partial charge in [0.2, 0.25) is 5.91 Å². The van der Waals surface area contributed by atoms with E-state index < -0.39 is 6.04 Å². The van der Waals surface area contributed by atoms with E-state index in [9.17, 15) is 9.59 Å². The summed E-state index contributed by atoms with van der Waals surface area (Å²) in [6.45, 7) is 5.92. The van der Waals surface area contributed by atoms with Gasteiger partial charge in [-0.2, -0.15) is 0 Å². The summed E-state index contributed by atoms with van der Waals surface area (Å²) in [5.41, 5.74) is 3.01. The van der Waals surface area contributed by atoms with E-state index in [1.54, 1.807) is 18.9 Å². The maximum Gasteiger partial charge on any atom is 0.261 e.